The Morgan fingerprint density at radius 3 is 2.66 bits per heavy atom. The molecule has 4 saturated carbocycles. The number of aromatic amines is 1. The lowest BCUT2D eigenvalue weighted by Crippen LogP contribution is -2.47. The largest absolute Gasteiger partial charge is 0.436 e. The van der Waals surface area contributed by atoms with Gasteiger partial charge in [-0.15, -0.1) is 0 Å². The molecule has 2 heterocycles. The quantitative estimate of drug-likeness (QED) is 0.573. The van der Waals surface area contributed by atoms with Gasteiger partial charge in [0.05, 0.1) is 0 Å². The molecule has 7 nitrogen and oxygen atoms in total. The molecule has 168 valence electrons. The van der Waals surface area contributed by atoms with Crippen LogP contribution < -0.4 is 5.73 Å². The average Bonchev–Trinajstić information content (AvgIpc) is 3.33. The zero-order valence-corrected chi connectivity index (χ0v) is 17.9. The number of carbonyl (C=O) groups is 1. The van der Waals surface area contributed by atoms with Crippen molar-refractivity contribution in [3.8, 4) is 0 Å². The second kappa shape index (κ2) is 7.32. The number of hydrogen-bond donors (Lipinski definition) is 2. The minimum atomic E-state index is -0.915. The molecule has 4 fully saturated rings. The van der Waals surface area contributed by atoms with Crippen LogP contribution in [0.3, 0.4) is 0 Å². The number of primary amides is 1. The minimum absolute atomic E-state index is 0.231. The molecule has 1 unspecified atom stereocenters. The number of ether oxygens (including phenoxy) is 1. The SMILES string of the molecule is NC(=O)OC(Cc1c[nH]c2ccc(F)cc12)c1nc(CC23CC4CC(CC(C4)C2)C3)no1. The molecule has 0 spiro atoms. The standard InChI is InChI=1S/C24H27FN4O3/c25-17-1-2-19-18(7-17)16(12-27-19)6-20(31-23(26)30)22-28-21(29-32-22)11-24-8-13-3-14(9-24)5-15(4-13)10-24/h1-2,7,12-15,20,27H,3-6,8-11H2,(H2,26,30). The number of H-pyrrole nitrogens is 1. The van der Waals surface area contributed by atoms with Crippen LogP contribution in [0.5, 0.6) is 0 Å². The predicted octanol–water partition coefficient (Wildman–Crippen LogP) is 4.83. The Hall–Kier alpha value is -2.90. The zero-order valence-electron chi connectivity index (χ0n) is 17.9. The average molecular weight is 439 g/mol. The highest BCUT2D eigenvalue weighted by molar-refractivity contribution is 5.83. The van der Waals surface area contributed by atoms with Crippen LogP contribution in [0.4, 0.5) is 9.18 Å². The molecule has 3 N–H and O–H groups in total. The molecule has 4 bridgehead atoms. The summed E-state index contributed by atoms with van der Waals surface area (Å²) in [5.41, 5.74) is 7.18. The first kappa shape index (κ1) is 19.8. The summed E-state index contributed by atoms with van der Waals surface area (Å²) in [7, 11) is 0. The molecule has 32 heavy (non-hydrogen) atoms. The molecule has 8 heteroatoms. The van der Waals surface area contributed by atoms with E-state index >= 15 is 0 Å². The molecule has 1 aromatic carbocycles. The first-order valence-electron chi connectivity index (χ1n) is 11.5. The van der Waals surface area contributed by atoms with Gasteiger partial charge in [-0.2, -0.15) is 4.98 Å². The van der Waals surface area contributed by atoms with Gasteiger partial charge in [-0.25, -0.2) is 9.18 Å². The lowest BCUT2D eigenvalue weighted by Gasteiger charge is -2.56. The third-order valence-corrected chi connectivity index (χ3v) is 7.85. The van der Waals surface area contributed by atoms with Crippen molar-refractivity contribution < 1.29 is 18.4 Å². The Balaban J connectivity index is 1.24. The first-order chi connectivity index (χ1) is 15.4. The molecule has 0 saturated heterocycles. The van der Waals surface area contributed by atoms with Crippen molar-refractivity contribution in [2.45, 2.75) is 57.5 Å². The van der Waals surface area contributed by atoms with E-state index in [0.29, 0.717) is 5.82 Å². The molecule has 0 radical (unpaired) electrons. The van der Waals surface area contributed by atoms with E-state index in [1.807, 2.05) is 0 Å². The van der Waals surface area contributed by atoms with E-state index in [4.69, 9.17) is 15.0 Å². The number of hydrogen-bond acceptors (Lipinski definition) is 5. The molecule has 1 amide bonds. The van der Waals surface area contributed by atoms with Crippen LogP contribution in [-0.2, 0) is 17.6 Å². The summed E-state index contributed by atoms with van der Waals surface area (Å²) >= 11 is 0. The van der Waals surface area contributed by atoms with Crippen LogP contribution in [-0.4, -0.2) is 21.2 Å². The normalized spacial score (nSPS) is 29.5. The Morgan fingerprint density at radius 1 is 1.25 bits per heavy atom. The van der Waals surface area contributed by atoms with Crippen LogP contribution >= 0.6 is 0 Å². The summed E-state index contributed by atoms with van der Waals surface area (Å²) in [6.45, 7) is 0. The maximum absolute atomic E-state index is 13.8. The first-order valence-corrected chi connectivity index (χ1v) is 11.5. The molecule has 4 aliphatic carbocycles. The predicted molar refractivity (Wildman–Crippen MR) is 114 cm³/mol. The van der Waals surface area contributed by atoms with E-state index in [1.54, 1.807) is 12.3 Å². The van der Waals surface area contributed by atoms with Crippen molar-refractivity contribution in [2.24, 2.45) is 28.9 Å². The Labute approximate surface area is 184 Å². The highest BCUT2D eigenvalue weighted by Gasteiger charge is 2.51. The highest BCUT2D eigenvalue weighted by atomic mass is 19.1. The van der Waals surface area contributed by atoms with Gasteiger partial charge in [-0.3, -0.25) is 0 Å². The second-order valence-electron chi connectivity index (χ2n) is 10.3. The van der Waals surface area contributed by atoms with E-state index in [9.17, 15) is 9.18 Å². The fourth-order valence-corrected chi connectivity index (χ4v) is 7.15. The van der Waals surface area contributed by atoms with Crippen molar-refractivity contribution in [3.05, 3.63) is 47.5 Å². The fourth-order valence-electron chi connectivity index (χ4n) is 7.15. The van der Waals surface area contributed by atoms with Crippen LogP contribution in [0, 0.1) is 29.0 Å². The fraction of sp³-hybridized carbons (Fsp3) is 0.542. The number of nitrogens with zero attached hydrogens (tertiary/aromatic N) is 2. The lowest BCUT2D eigenvalue weighted by atomic mass is 9.49. The van der Waals surface area contributed by atoms with Gasteiger partial charge in [0.25, 0.3) is 5.89 Å². The number of amides is 1. The summed E-state index contributed by atoms with van der Waals surface area (Å²) in [5.74, 6) is 3.11. The zero-order chi connectivity index (χ0) is 21.9. The van der Waals surface area contributed by atoms with Gasteiger partial charge in [0.15, 0.2) is 11.9 Å². The van der Waals surface area contributed by atoms with Crippen molar-refractivity contribution >= 4 is 17.0 Å². The van der Waals surface area contributed by atoms with Gasteiger partial charge in [-0.1, -0.05) is 5.16 Å². The highest BCUT2D eigenvalue weighted by Crippen LogP contribution is 2.60. The number of fused-ring (bicyclic) bond motifs is 1. The molecule has 4 aliphatic rings. The van der Waals surface area contributed by atoms with Gasteiger partial charge in [-0.05, 0) is 85.5 Å². The molecule has 0 aliphatic heterocycles. The smallest absolute Gasteiger partial charge is 0.405 e. The van der Waals surface area contributed by atoms with Crippen molar-refractivity contribution in [1.82, 2.24) is 15.1 Å². The maximum atomic E-state index is 13.8. The van der Waals surface area contributed by atoms with Gasteiger partial charge < -0.3 is 20.0 Å². The number of nitrogens with two attached hydrogens (primary N) is 1. The number of carbonyl (C=O) groups excluding carboxylic acids is 1. The molecule has 3 aromatic rings. The van der Waals surface area contributed by atoms with Gasteiger partial charge >= 0.3 is 6.09 Å². The van der Waals surface area contributed by atoms with Crippen molar-refractivity contribution in [1.29, 1.82) is 0 Å². The summed E-state index contributed by atoms with van der Waals surface area (Å²) in [4.78, 5) is 19.3. The van der Waals surface area contributed by atoms with Gasteiger partial charge in [0.2, 0.25) is 0 Å². The number of rotatable bonds is 6. The molecular formula is C24H27FN4O3. The van der Waals surface area contributed by atoms with Crippen molar-refractivity contribution in [3.63, 3.8) is 0 Å². The number of nitrogens with one attached hydrogen (secondary N) is 1. The van der Waals surface area contributed by atoms with Crippen LogP contribution in [0.15, 0.2) is 28.9 Å². The third kappa shape index (κ3) is 3.55. The lowest BCUT2D eigenvalue weighted by molar-refractivity contribution is -0.0533. The van der Waals surface area contributed by atoms with E-state index in [2.05, 4.69) is 15.1 Å². The van der Waals surface area contributed by atoms with E-state index < -0.39 is 12.2 Å². The maximum Gasteiger partial charge on any atom is 0.405 e. The second-order valence-corrected chi connectivity index (χ2v) is 10.3. The number of halogens is 1. The van der Waals surface area contributed by atoms with Crippen molar-refractivity contribution in [2.75, 3.05) is 0 Å². The van der Waals surface area contributed by atoms with Gasteiger partial charge in [0, 0.05) is 29.9 Å². The van der Waals surface area contributed by atoms with E-state index in [0.717, 1.165) is 40.6 Å². The Bertz CT molecular complexity index is 1130. The van der Waals surface area contributed by atoms with E-state index in [1.165, 1.54) is 50.7 Å². The Kier molecular flexibility index (Phi) is 4.52. The molecule has 2 aromatic heterocycles. The van der Waals surface area contributed by atoms with E-state index in [-0.39, 0.29) is 23.5 Å². The molecule has 1 atom stereocenters. The number of benzene rings is 1. The van der Waals surface area contributed by atoms with Crippen LogP contribution in [0.1, 0.15) is 61.9 Å². The number of aromatic nitrogens is 3. The summed E-state index contributed by atoms with van der Waals surface area (Å²) in [6, 6.07) is 4.53. The van der Waals surface area contributed by atoms with Crippen LogP contribution in [0.2, 0.25) is 0 Å². The van der Waals surface area contributed by atoms with Gasteiger partial charge in [0.1, 0.15) is 5.82 Å². The summed E-state index contributed by atoms with van der Waals surface area (Å²) < 4.78 is 24.6. The third-order valence-electron chi connectivity index (χ3n) is 7.85. The summed E-state index contributed by atoms with van der Waals surface area (Å²) in [6.07, 6.45) is 9.01. The van der Waals surface area contributed by atoms with Crippen LogP contribution in [0.25, 0.3) is 10.9 Å². The molecular weight excluding hydrogens is 411 g/mol. The monoisotopic (exact) mass is 438 g/mol. The Morgan fingerprint density at radius 2 is 1.97 bits per heavy atom. The minimum Gasteiger partial charge on any atom is -0.436 e. The molecule has 7 rings (SSSR count). The summed E-state index contributed by atoms with van der Waals surface area (Å²) in [5, 5.41) is 4.96. The topological polar surface area (TPSA) is 107 Å².